The zero-order valence-electron chi connectivity index (χ0n) is 20.4. The van der Waals surface area contributed by atoms with Crippen LogP contribution in [0.25, 0.3) is 0 Å². The molecule has 2 aliphatic heterocycles. The van der Waals surface area contributed by atoms with Gasteiger partial charge >= 0.3 is 0 Å². The van der Waals surface area contributed by atoms with E-state index in [1.165, 1.54) is 12.8 Å². The van der Waals surface area contributed by atoms with E-state index >= 15 is 0 Å². The Balaban J connectivity index is 1.62. The fraction of sp³-hybridized carbons (Fsp3) is 0.875. The molecule has 7 heteroatoms. The van der Waals surface area contributed by atoms with E-state index < -0.39 is 0 Å². The lowest BCUT2D eigenvalue weighted by Gasteiger charge is -2.35. The largest absolute Gasteiger partial charge is 0.357 e. The lowest BCUT2D eigenvalue weighted by Crippen LogP contribution is -2.50. The third kappa shape index (κ3) is 9.08. The molecule has 1 atom stereocenters. The van der Waals surface area contributed by atoms with Gasteiger partial charge in [-0.3, -0.25) is 14.6 Å². The number of guanidine groups is 1. The van der Waals surface area contributed by atoms with Crippen LogP contribution in [-0.2, 0) is 9.59 Å². The summed E-state index contributed by atoms with van der Waals surface area (Å²) in [6, 6.07) is 0. The Hall–Kier alpha value is -1.79. The second kappa shape index (κ2) is 13.6. The van der Waals surface area contributed by atoms with Crippen molar-refractivity contribution in [2.24, 2.45) is 16.8 Å². The van der Waals surface area contributed by atoms with Crippen LogP contribution in [0.2, 0.25) is 0 Å². The smallest absolute Gasteiger partial charge is 0.222 e. The molecule has 7 nitrogen and oxygen atoms in total. The molecule has 0 spiro atoms. The third-order valence-electron chi connectivity index (χ3n) is 6.17. The summed E-state index contributed by atoms with van der Waals surface area (Å²) in [7, 11) is 0. The summed E-state index contributed by atoms with van der Waals surface area (Å²) in [4.78, 5) is 35.7. The lowest BCUT2D eigenvalue weighted by molar-refractivity contribution is -0.140. The third-order valence-corrected chi connectivity index (χ3v) is 6.17. The Labute approximate surface area is 189 Å². The van der Waals surface area contributed by atoms with Crippen LogP contribution >= 0.6 is 0 Å². The first kappa shape index (κ1) is 25.5. The summed E-state index contributed by atoms with van der Waals surface area (Å²) in [5, 5.41) is 3.43. The standard InChI is InChI=1S/C24H45N5O2/c1-5-25-24(29-13-9-10-21(4)19-29)26-12-8-6-7-11-22(30)27-14-16-28(17-15-27)23(31)18-20(2)3/h20-21H,5-19H2,1-4H3,(H,25,26). The molecule has 1 unspecified atom stereocenters. The number of nitrogens with zero attached hydrogens (tertiary/aromatic N) is 4. The Morgan fingerprint density at radius 2 is 1.65 bits per heavy atom. The lowest BCUT2D eigenvalue weighted by atomic mass is 10.0. The summed E-state index contributed by atoms with van der Waals surface area (Å²) in [6.45, 7) is 15.2. The van der Waals surface area contributed by atoms with Gasteiger partial charge in [-0.2, -0.15) is 0 Å². The van der Waals surface area contributed by atoms with Crippen molar-refractivity contribution in [3.8, 4) is 0 Å². The number of piperidine rings is 1. The van der Waals surface area contributed by atoms with Gasteiger partial charge in [-0.25, -0.2) is 0 Å². The fourth-order valence-electron chi connectivity index (χ4n) is 4.40. The molecule has 2 rings (SSSR count). The molecular weight excluding hydrogens is 390 g/mol. The SMILES string of the molecule is CCNC(=NCCCCCC(=O)N1CCN(C(=O)CC(C)C)CC1)N1CCCC(C)C1. The second-order valence-corrected chi connectivity index (χ2v) is 9.60. The molecule has 0 bridgehead atoms. The van der Waals surface area contributed by atoms with Gasteiger partial charge in [0.15, 0.2) is 5.96 Å². The highest BCUT2D eigenvalue weighted by atomic mass is 16.2. The number of unbranched alkanes of at least 4 members (excludes halogenated alkanes) is 2. The van der Waals surface area contributed by atoms with E-state index in [1.807, 2.05) is 9.80 Å². The van der Waals surface area contributed by atoms with Gasteiger partial charge in [0.1, 0.15) is 0 Å². The first-order chi connectivity index (χ1) is 14.9. The van der Waals surface area contributed by atoms with Crippen LogP contribution in [0.4, 0.5) is 0 Å². The van der Waals surface area contributed by atoms with Gasteiger partial charge < -0.3 is 20.0 Å². The van der Waals surface area contributed by atoms with Crippen molar-refractivity contribution in [2.75, 3.05) is 52.4 Å². The minimum Gasteiger partial charge on any atom is -0.357 e. The maximum atomic E-state index is 12.5. The van der Waals surface area contributed by atoms with Gasteiger partial charge in [-0.05, 0) is 44.4 Å². The van der Waals surface area contributed by atoms with Gasteiger partial charge in [0, 0.05) is 65.2 Å². The van der Waals surface area contributed by atoms with E-state index in [0.717, 1.165) is 57.3 Å². The molecule has 178 valence electrons. The van der Waals surface area contributed by atoms with Crippen LogP contribution in [0.1, 0.15) is 72.6 Å². The predicted octanol–water partition coefficient (Wildman–Crippen LogP) is 2.96. The highest BCUT2D eigenvalue weighted by Crippen LogP contribution is 2.15. The number of carbonyl (C=O) groups excluding carboxylic acids is 2. The van der Waals surface area contributed by atoms with Gasteiger partial charge in [0.2, 0.25) is 11.8 Å². The monoisotopic (exact) mass is 435 g/mol. The average molecular weight is 436 g/mol. The van der Waals surface area contributed by atoms with Crippen molar-refractivity contribution < 1.29 is 9.59 Å². The molecule has 2 fully saturated rings. The molecular formula is C24H45N5O2. The van der Waals surface area contributed by atoms with Gasteiger partial charge in [0.05, 0.1) is 0 Å². The Bertz CT molecular complexity index is 585. The van der Waals surface area contributed by atoms with Gasteiger partial charge in [0.25, 0.3) is 0 Å². The molecule has 2 amide bonds. The van der Waals surface area contributed by atoms with E-state index in [0.29, 0.717) is 44.9 Å². The maximum absolute atomic E-state index is 12.5. The van der Waals surface area contributed by atoms with E-state index in [9.17, 15) is 9.59 Å². The Morgan fingerprint density at radius 1 is 0.968 bits per heavy atom. The molecule has 2 heterocycles. The number of nitrogens with one attached hydrogen (secondary N) is 1. The number of carbonyl (C=O) groups is 2. The number of rotatable bonds is 9. The molecule has 2 saturated heterocycles. The molecule has 1 N–H and O–H groups in total. The van der Waals surface area contributed by atoms with Crippen molar-refractivity contribution in [3.63, 3.8) is 0 Å². The van der Waals surface area contributed by atoms with Crippen molar-refractivity contribution in [3.05, 3.63) is 0 Å². The summed E-state index contributed by atoms with van der Waals surface area (Å²) < 4.78 is 0. The van der Waals surface area contributed by atoms with Crippen molar-refractivity contribution in [1.82, 2.24) is 20.0 Å². The number of amides is 2. The molecule has 0 aliphatic carbocycles. The van der Waals surface area contributed by atoms with Crippen molar-refractivity contribution in [2.45, 2.75) is 72.6 Å². The van der Waals surface area contributed by atoms with Crippen LogP contribution in [-0.4, -0.2) is 84.8 Å². The highest BCUT2D eigenvalue weighted by molar-refractivity contribution is 5.80. The van der Waals surface area contributed by atoms with Gasteiger partial charge in [-0.1, -0.05) is 27.2 Å². The summed E-state index contributed by atoms with van der Waals surface area (Å²) in [6.07, 6.45) is 6.72. The molecule has 0 aromatic heterocycles. The molecule has 2 aliphatic rings. The van der Waals surface area contributed by atoms with Crippen molar-refractivity contribution in [1.29, 1.82) is 0 Å². The number of hydrogen-bond acceptors (Lipinski definition) is 3. The quantitative estimate of drug-likeness (QED) is 0.343. The number of piperazine rings is 1. The second-order valence-electron chi connectivity index (χ2n) is 9.60. The molecule has 0 radical (unpaired) electrons. The first-order valence-corrected chi connectivity index (χ1v) is 12.5. The first-order valence-electron chi connectivity index (χ1n) is 12.5. The summed E-state index contributed by atoms with van der Waals surface area (Å²) in [5.41, 5.74) is 0. The predicted molar refractivity (Wildman–Crippen MR) is 127 cm³/mol. The minimum absolute atomic E-state index is 0.221. The number of aliphatic imine (C=N–C) groups is 1. The van der Waals surface area contributed by atoms with E-state index in [2.05, 4.69) is 37.9 Å². The summed E-state index contributed by atoms with van der Waals surface area (Å²) >= 11 is 0. The van der Waals surface area contributed by atoms with Crippen LogP contribution in [0.15, 0.2) is 4.99 Å². The average Bonchev–Trinajstić information content (AvgIpc) is 2.74. The molecule has 0 aromatic carbocycles. The topological polar surface area (TPSA) is 68.2 Å². The van der Waals surface area contributed by atoms with Crippen LogP contribution in [0.5, 0.6) is 0 Å². The Kier molecular flexibility index (Phi) is 11.2. The van der Waals surface area contributed by atoms with E-state index in [4.69, 9.17) is 4.99 Å². The Morgan fingerprint density at radius 3 is 2.26 bits per heavy atom. The maximum Gasteiger partial charge on any atom is 0.222 e. The van der Waals surface area contributed by atoms with Crippen LogP contribution < -0.4 is 5.32 Å². The highest BCUT2D eigenvalue weighted by Gasteiger charge is 2.24. The fourth-order valence-corrected chi connectivity index (χ4v) is 4.40. The van der Waals surface area contributed by atoms with Crippen LogP contribution in [0, 0.1) is 11.8 Å². The number of hydrogen-bond donors (Lipinski definition) is 1. The molecule has 0 saturated carbocycles. The van der Waals surface area contributed by atoms with E-state index in [1.54, 1.807) is 0 Å². The van der Waals surface area contributed by atoms with Crippen molar-refractivity contribution >= 4 is 17.8 Å². The zero-order valence-corrected chi connectivity index (χ0v) is 20.4. The normalized spacial score (nSPS) is 20.4. The van der Waals surface area contributed by atoms with Gasteiger partial charge in [-0.15, -0.1) is 0 Å². The number of likely N-dealkylation sites (tertiary alicyclic amines) is 1. The molecule has 31 heavy (non-hydrogen) atoms. The summed E-state index contributed by atoms with van der Waals surface area (Å²) in [5.74, 6) is 2.62. The van der Waals surface area contributed by atoms with Crippen LogP contribution in [0.3, 0.4) is 0 Å². The zero-order chi connectivity index (χ0) is 22.6. The van der Waals surface area contributed by atoms with E-state index in [-0.39, 0.29) is 11.8 Å². The minimum atomic E-state index is 0.221. The molecule has 0 aromatic rings.